The topological polar surface area (TPSA) is 96.7 Å². The van der Waals surface area contributed by atoms with Gasteiger partial charge in [0.2, 0.25) is 11.8 Å². The first kappa shape index (κ1) is 16.2. The van der Waals surface area contributed by atoms with Crippen LogP contribution in [0, 0.1) is 30.1 Å². The van der Waals surface area contributed by atoms with E-state index in [0.29, 0.717) is 5.56 Å². The standard InChI is InChI=1S/C17H16N2O5S/c1-3-23-17(22)13-7(2)8(6-18)16(25-13)19-14(20)11-9-4-5-10(24-9)12(11)15(19)21/h9-12H,3-5H2,1-2H3. The Labute approximate surface area is 148 Å². The molecule has 130 valence electrons. The molecule has 0 spiro atoms. The van der Waals surface area contributed by atoms with Crippen LogP contribution in [-0.2, 0) is 19.1 Å². The van der Waals surface area contributed by atoms with E-state index in [4.69, 9.17) is 9.47 Å². The Morgan fingerprint density at radius 1 is 1.32 bits per heavy atom. The van der Waals surface area contributed by atoms with Gasteiger partial charge >= 0.3 is 5.97 Å². The molecule has 25 heavy (non-hydrogen) atoms. The number of imide groups is 1. The van der Waals surface area contributed by atoms with Crippen LogP contribution in [0.4, 0.5) is 5.00 Å². The van der Waals surface area contributed by atoms with E-state index in [0.717, 1.165) is 29.1 Å². The molecule has 4 heterocycles. The van der Waals surface area contributed by atoms with E-state index < -0.39 is 17.8 Å². The highest BCUT2D eigenvalue weighted by molar-refractivity contribution is 7.18. The normalized spacial score (nSPS) is 29.9. The molecule has 4 atom stereocenters. The Morgan fingerprint density at radius 2 is 1.92 bits per heavy atom. The fourth-order valence-electron chi connectivity index (χ4n) is 4.09. The van der Waals surface area contributed by atoms with Crippen molar-refractivity contribution in [3.63, 3.8) is 0 Å². The number of carbonyl (C=O) groups excluding carboxylic acids is 3. The van der Waals surface area contributed by atoms with E-state index in [9.17, 15) is 19.6 Å². The van der Waals surface area contributed by atoms with Crippen LogP contribution in [0.1, 0.15) is 40.6 Å². The zero-order valence-corrected chi connectivity index (χ0v) is 14.6. The van der Waals surface area contributed by atoms with Crippen molar-refractivity contribution in [1.29, 1.82) is 5.26 Å². The Bertz CT molecular complexity index is 811. The van der Waals surface area contributed by atoms with E-state index in [1.165, 1.54) is 0 Å². The van der Waals surface area contributed by atoms with Crippen LogP contribution in [0.2, 0.25) is 0 Å². The van der Waals surface area contributed by atoms with Crippen molar-refractivity contribution in [2.24, 2.45) is 11.8 Å². The van der Waals surface area contributed by atoms with Gasteiger partial charge in [0.1, 0.15) is 15.9 Å². The van der Waals surface area contributed by atoms with Crippen LogP contribution in [0.25, 0.3) is 0 Å². The molecule has 0 N–H and O–H groups in total. The first-order valence-electron chi connectivity index (χ1n) is 8.23. The van der Waals surface area contributed by atoms with Gasteiger partial charge < -0.3 is 9.47 Å². The number of hydrogen-bond acceptors (Lipinski definition) is 7. The highest BCUT2D eigenvalue weighted by atomic mass is 32.1. The predicted octanol–water partition coefficient (Wildman–Crippen LogP) is 1.77. The number of rotatable bonds is 3. The second-order valence-corrected chi connectivity index (χ2v) is 7.42. The van der Waals surface area contributed by atoms with Gasteiger partial charge in [-0.3, -0.25) is 9.59 Å². The number of fused-ring (bicyclic) bond motifs is 5. The van der Waals surface area contributed by atoms with Gasteiger partial charge in [-0.1, -0.05) is 0 Å². The molecule has 3 aliphatic rings. The van der Waals surface area contributed by atoms with Crippen molar-refractivity contribution in [1.82, 2.24) is 0 Å². The Kier molecular flexibility index (Phi) is 3.67. The summed E-state index contributed by atoms with van der Waals surface area (Å²) in [6, 6.07) is 2.03. The Balaban J connectivity index is 1.77. The summed E-state index contributed by atoms with van der Waals surface area (Å²) < 4.78 is 10.7. The lowest BCUT2D eigenvalue weighted by Gasteiger charge is -2.16. The number of amides is 2. The highest BCUT2D eigenvalue weighted by Gasteiger charge is 2.63. The van der Waals surface area contributed by atoms with E-state index in [1.54, 1.807) is 13.8 Å². The smallest absolute Gasteiger partial charge is 0.348 e. The summed E-state index contributed by atoms with van der Waals surface area (Å²) in [5.41, 5.74) is 0.626. The van der Waals surface area contributed by atoms with Gasteiger partial charge in [-0.25, -0.2) is 9.69 Å². The second-order valence-electron chi connectivity index (χ2n) is 6.42. The van der Waals surface area contributed by atoms with Gasteiger partial charge in [0.15, 0.2) is 0 Å². The van der Waals surface area contributed by atoms with Crippen LogP contribution in [0.15, 0.2) is 0 Å². The maximum absolute atomic E-state index is 12.9. The molecule has 3 aliphatic heterocycles. The molecule has 0 radical (unpaired) electrons. The monoisotopic (exact) mass is 360 g/mol. The van der Waals surface area contributed by atoms with Crippen molar-refractivity contribution in [2.45, 2.75) is 38.9 Å². The number of anilines is 1. The van der Waals surface area contributed by atoms with Crippen LogP contribution in [0.5, 0.6) is 0 Å². The van der Waals surface area contributed by atoms with Gasteiger partial charge in [0.25, 0.3) is 0 Å². The molecule has 3 fully saturated rings. The molecular formula is C17H16N2O5S. The lowest BCUT2D eigenvalue weighted by atomic mass is 9.81. The van der Waals surface area contributed by atoms with E-state index in [1.807, 2.05) is 6.07 Å². The zero-order chi connectivity index (χ0) is 17.9. The lowest BCUT2D eigenvalue weighted by Crippen LogP contribution is -2.34. The van der Waals surface area contributed by atoms with Crippen LogP contribution >= 0.6 is 11.3 Å². The number of carbonyl (C=O) groups is 3. The highest BCUT2D eigenvalue weighted by Crippen LogP contribution is 2.51. The first-order valence-corrected chi connectivity index (χ1v) is 9.05. The number of thiophene rings is 1. The number of nitrogens with zero attached hydrogens (tertiary/aromatic N) is 2. The maximum atomic E-state index is 12.9. The molecule has 1 aromatic heterocycles. The zero-order valence-electron chi connectivity index (χ0n) is 13.8. The third kappa shape index (κ3) is 2.09. The van der Waals surface area contributed by atoms with Crippen molar-refractivity contribution in [2.75, 3.05) is 11.5 Å². The van der Waals surface area contributed by atoms with Crippen molar-refractivity contribution in [3.05, 3.63) is 16.0 Å². The predicted molar refractivity (Wildman–Crippen MR) is 87.1 cm³/mol. The molecule has 0 aliphatic carbocycles. The van der Waals surface area contributed by atoms with Gasteiger partial charge in [-0.15, -0.1) is 11.3 Å². The van der Waals surface area contributed by atoms with Crippen molar-refractivity contribution < 1.29 is 23.9 Å². The molecule has 0 aromatic carbocycles. The maximum Gasteiger partial charge on any atom is 0.348 e. The van der Waals surface area contributed by atoms with Gasteiger partial charge in [-0.05, 0) is 32.3 Å². The largest absolute Gasteiger partial charge is 0.462 e. The first-order chi connectivity index (χ1) is 12.0. The molecule has 4 unspecified atom stereocenters. The summed E-state index contributed by atoms with van der Waals surface area (Å²) in [5.74, 6) is -2.13. The molecule has 4 rings (SSSR count). The van der Waals surface area contributed by atoms with Crippen LogP contribution < -0.4 is 4.90 Å². The summed E-state index contributed by atoms with van der Waals surface area (Å²) in [6.45, 7) is 3.53. The fourth-order valence-corrected chi connectivity index (χ4v) is 5.25. The fraction of sp³-hybridized carbons (Fsp3) is 0.529. The minimum absolute atomic E-state index is 0.183. The molecule has 1 aromatic rings. The van der Waals surface area contributed by atoms with Crippen LogP contribution in [0.3, 0.4) is 0 Å². The molecule has 8 heteroatoms. The molecule has 2 bridgehead atoms. The molecule has 0 saturated carbocycles. The summed E-state index contributed by atoms with van der Waals surface area (Å²) in [7, 11) is 0. The minimum Gasteiger partial charge on any atom is -0.462 e. The molecule has 7 nitrogen and oxygen atoms in total. The average Bonchev–Trinajstić information content (AvgIpc) is 3.31. The quantitative estimate of drug-likeness (QED) is 0.602. The van der Waals surface area contributed by atoms with Crippen molar-refractivity contribution >= 4 is 34.1 Å². The molecular weight excluding hydrogens is 344 g/mol. The van der Waals surface area contributed by atoms with E-state index in [-0.39, 0.29) is 46.1 Å². The third-order valence-corrected chi connectivity index (χ3v) is 6.45. The molecule has 3 saturated heterocycles. The Morgan fingerprint density at radius 3 is 2.44 bits per heavy atom. The third-order valence-electron chi connectivity index (χ3n) is 5.19. The van der Waals surface area contributed by atoms with Gasteiger partial charge in [-0.2, -0.15) is 5.26 Å². The lowest BCUT2D eigenvalue weighted by molar-refractivity contribution is -0.124. The number of nitriles is 1. The summed E-state index contributed by atoms with van der Waals surface area (Å²) in [5, 5.41) is 9.74. The van der Waals surface area contributed by atoms with Gasteiger partial charge in [0, 0.05) is 0 Å². The van der Waals surface area contributed by atoms with E-state index in [2.05, 4.69) is 0 Å². The van der Waals surface area contributed by atoms with Crippen LogP contribution in [-0.4, -0.2) is 36.6 Å². The SMILES string of the molecule is CCOC(=O)c1sc(N2C(=O)C3C4CCC(O4)C3C2=O)c(C#N)c1C. The summed E-state index contributed by atoms with van der Waals surface area (Å²) >= 11 is 0.971. The second kappa shape index (κ2) is 5.64. The molecule has 2 amide bonds. The number of esters is 1. The van der Waals surface area contributed by atoms with Gasteiger partial charge in [0.05, 0.1) is 36.2 Å². The summed E-state index contributed by atoms with van der Waals surface area (Å²) in [6.07, 6.45) is 1.13. The number of hydrogen-bond donors (Lipinski definition) is 0. The van der Waals surface area contributed by atoms with Crippen molar-refractivity contribution in [3.8, 4) is 6.07 Å². The average molecular weight is 360 g/mol. The summed E-state index contributed by atoms with van der Waals surface area (Å²) in [4.78, 5) is 39.2. The Hall–Kier alpha value is -2.24. The minimum atomic E-state index is -0.546. The van der Waals surface area contributed by atoms with E-state index >= 15 is 0 Å². The number of ether oxygens (including phenoxy) is 2.